The third-order valence-corrected chi connectivity index (χ3v) is 2.70. The third-order valence-electron chi connectivity index (χ3n) is 2.70. The monoisotopic (exact) mass is 260 g/mol. The van der Waals surface area contributed by atoms with Crippen LogP contribution in [0.4, 0.5) is 11.8 Å². The highest BCUT2D eigenvalue weighted by Crippen LogP contribution is 2.21. The molecular weight excluding hydrogens is 240 g/mol. The van der Waals surface area contributed by atoms with Crippen molar-refractivity contribution in [3.05, 3.63) is 24.3 Å². The summed E-state index contributed by atoms with van der Waals surface area (Å²) in [6.07, 6.45) is 0.605. The number of para-hydroxylation sites is 1. The number of aliphatic hydroxyl groups is 1. The van der Waals surface area contributed by atoms with Gasteiger partial charge in [-0.25, -0.2) is 4.98 Å². The van der Waals surface area contributed by atoms with Crippen molar-refractivity contribution in [1.29, 1.82) is 0 Å². The van der Waals surface area contributed by atoms with Crippen LogP contribution in [0.5, 0.6) is 0 Å². The van der Waals surface area contributed by atoms with E-state index >= 15 is 0 Å². The molecule has 2 rings (SSSR count). The van der Waals surface area contributed by atoms with Gasteiger partial charge in [0.25, 0.3) is 0 Å². The Morgan fingerprint density at radius 1 is 1.21 bits per heavy atom. The molecule has 0 aliphatic rings. The number of aromatic nitrogens is 2. The number of anilines is 2. The van der Waals surface area contributed by atoms with Gasteiger partial charge in [-0.2, -0.15) is 4.98 Å². The summed E-state index contributed by atoms with van der Waals surface area (Å²) < 4.78 is 0. The summed E-state index contributed by atoms with van der Waals surface area (Å²) in [5, 5.41) is 16.7. The van der Waals surface area contributed by atoms with Gasteiger partial charge in [0.05, 0.1) is 11.6 Å². The van der Waals surface area contributed by atoms with E-state index in [4.69, 9.17) is 0 Å². The summed E-state index contributed by atoms with van der Waals surface area (Å²) in [6, 6.07) is 7.85. The van der Waals surface area contributed by atoms with Gasteiger partial charge in [0, 0.05) is 18.5 Å². The maximum absolute atomic E-state index is 9.37. The number of benzene rings is 1. The normalized spacial score (nSPS) is 12.4. The lowest BCUT2D eigenvalue weighted by atomic mass is 10.2. The van der Waals surface area contributed by atoms with E-state index in [1.807, 2.05) is 24.3 Å². The van der Waals surface area contributed by atoms with Crippen LogP contribution in [0.2, 0.25) is 0 Å². The van der Waals surface area contributed by atoms with Gasteiger partial charge in [0.2, 0.25) is 5.95 Å². The van der Waals surface area contributed by atoms with E-state index in [-0.39, 0.29) is 0 Å². The van der Waals surface area contributed by atoms with Crippen LogP contribution in [0.1, 0.15) is 20.3 Å². The van der Waals surface area contributed by atoms with Crippen molar-refractivity contribution >= 4 is 22.7 Å². The SMILES string of the molecule is CCCNc1nc(NCC(C)O)c2ccccc2n1. The maximum Gasteiger partial charge on any atom is 0.225 e. The Morgan fingerprint density at radius 3 is 2.74 bits per heavy atom. The molecule has 0 spiro atoms. The van der Waals surface area contributed by atoms with E-state index in [9.17, 15) is 5.11 Å². The predicted molar refractivity (Wildman–Crippen MR) is 78.5 cm³/mol. The molecule has 0 amide bonds. The molecule has 0 saturated carbocycles. The smallest absolute Gasteiger partial charge is 0.225 e. The summed E-state index contributed by atoms with van der Waals surface area (Å²) >= 11 is 0. The first kappa shape index (κ1) is 13.5. The largest absolute Gasteiger partial charge is 0.392 e. The summed E-state index contributed by atoms with van der Waals surface area (Å²) in [5.74, 6) is 1.37. The standard InChI is InChI=1S/C14H20N4O/c1-3-8-15-14-17-12-7-5-4-6-11(12)13(18-14)16-9-10(2)19/h4-7,10,19H,3,8-9H2,1-2H3,(H2,15,16,17,18). The molecule has 19 heavy (non-hydrogen) atoms. The van der Waals surface area contributed by atoms with Crippen LogP contribution in [0.3, 0.4) is 0 Å². The van der Waals surface area contributed by atoms with Crippen LogP contribution in [-0.2, 0) is 0 Å². The second-order valence-electron chi connectivity index (χ2n) is 4.57. The summed E-state index contributed by atoms with van der Waals surface area (Å²) in [6.45, 7) is 5.15. The minimum absolute atomic E-state index is 0.416. The Balaban J connectivity index is 2.33. The molecule has 5 heteroatoms. The zero-order chi connectivity index (χ0) is 13.7. The number of rotatable bonds is 6. The molecule has 0 radical (unpaired) electrons. The van der Waals surface area contributed by atoms with Crippen molar-refractivity contribution in [2.75, 3.05) is 23.7 Å². The van der Waals surface area contributed by atoms with E-state index in [2.05, 4.69) is 27.5 Å². The van der Waals surface area contributed by atoms with Crippen LogP contribution >= 0.6 is 0 Å². The molecule has 0 aliphatic heterocycles. The van der Waals surface area contributed by atoms with Gasteiger partial charge in [0.1, 0.15) is 5.82 Å². The fourth-order valence-electron chi connectivity index (χ4n) is 1.77. The lowest BCUT2D eigenvalue weighted by molar-refractivity contribution is 0.208. The van der Waals surface area contributed by atoms with Gasteiger partial charge in [0.15, 0.2) is 0 Å². The van der Waals surface area contributed by atoms with Crippen molar-refractivity contribution in [1.82, 2.24) is 9.97 Å². The van der Waals surface area contributed by atoms with Crippen LogP contribution in [0.15, 0.2) is 24.3 Å². The summed E-state index contributed by atoms with van der Waals surface area (Å²) in [7, 11) is 0. The number of hydrogen-bond donors (Lipinski definition) is 3. The molecule has 5 nitrogen and oxygen atoms in total. The molecule has 3 N–H and O–H groups in total. The van der Waals surface area contributed by atoms with Crippen LogP contribution in [0.25, 0.3) is 10.9 Å². The molecule has 1 unspecified atom stereocenters. The van der Waals surface area contributed by atoms with E-state index in [0.29, 0.717) is 12.5 Å². The van der Waals surface area contributed by atoms with Gasteiger partial charge in [-0.05, 0) is 25.5 Å². The van der Waals surface area contributed by atoms with Gasteiger partial charge >= 0.3 is 0 Å². The molecule has 102 valence electrons. The maximum atomic E-state index is 9.37. The van der Waals surface area contributed by atoms with Gasteiger partial charge in [-0.1, -0.05) is 19.1 Å². The molecule has 0 aliphatic carbocycles. The molecule has 0 fully saturated rings. The van der Waals surface area contributed by atoms with E-state index in [1.54, 1.807) is 6.92 Å². The molecule has 1 atom stereocenters. The van der Waals surface area contributed by atoms with E-state index in [0.717, 1.165) is 29.7 Å². The first-order chi connectivity index (χ1) is 9.20. The first-order valence-corrected chi connectivity index (χ1v) is 6.63. The van der Waals surface area contributed by atoms with Gasteiger partial charge < -0.3 is 15.7 Å². The number of nitrogens with zero attached hydrogens (tertiary/aromatic N) is 2. The van der Waals surface area contributed by atoms with Gasteiger partial charge in [-0.3, -0.25) is 0 Å². The summed E-state index contributed by atoms with van der Waals surface area (Å²) in [5.41, 5.74) is 0.893. The Labute approximate surface area is 113 Å². The highest BCUT2D eigenvalue weighted by atomic mass is 16.3. The fraction of sp³-hybridized carbons (Fsp3) is 0.429. The number of fused-ring (bicyclic) bond motifs is 1. The highest BCUT2D eigenvalue weighted by molar-refractivity contribution is 5.89. The summed E-state index contributed by atoms with van der Waals surface area (Å²) in [4.78, 5) is 8.94. The van der Waals surface area contributed by atoms with Crippen molar-refractivity contribution in [3.63, 3.8) is 0 Å². The highest BCUT2D eigenvalue weighted by Gasteiger charge is 2.07. The van der Waals surface area contributed by atoms with Crippen molar-refractivity contribution in [2.24, 2.45) is 0 Å². The van der Waals surface area contributed by atoms with E-state index < -0.39 is 6.10 Å². The zero-order valence-electron chi connectivity index (χ0n) is 11.3. The van der Waals surface area contributed by atoms with Crippen molar-refractivity contribution < 1.29 is 5.11 Å². The second kappa shape index (κ2) is 6.33. The third kappa shape index (κ3) is 3.54. The fourth-order valence-corrected chi connectivity index (χ4v) is 1.77. The quantitative estimate of drug-likeness (QED) is 0.743. The molecule has 1 aromatic heterocycles. The minimum Gasteiger partial charge on any atom is -0.392 e. The first-order valence-electron chi connectivity index (χ1n) is 6.63. The predicted octanol–water partition coefficient (Wildman–Crippen LogP) is 2.24. The molecule has 0 saturated heterocycles. The van der Waals surface area contributed by atoms with Crippen LogP contribution in [-0.4, -0.2) is 34.3 Å². The van der Waals surface area contributed by atoms with Crippen molar-refractivity contribution in [2.45, 2.75) is 26.4 Å². The average Bonchev–Trinajstić information content (AvgIpc) is 2.42. The minimum atomic E-state index is -0.416. The van der Waals surface area contributed by atoms with Gasteiger partial charge in [-0.15, -0.1) is 0 Å². The second-order valence-corrected chi connectivity index (χ2v) is 4.57. The lowest BCUT2D eigenvalue weighted by Crippen LogP contribution is -2.17. The lowest BCUT2D eigenvalue weighted by Gasteiger charge is -2.12. The molecular formula is C14H20N4O. The Morgan fingerprint density at radius 2 is 2.00 bits per heavy atom. The average molecular weight is 260 g/mol. The molecule has 1 aromatic carbocycles. The zero-order valence-corrected chi connectivity index (χ0v) is 11.3. The molecule has 1 heterocycles. The topological polar surface area (TPSA) is 70.1 Å². The Bertz CT molecular complexity index is 542. The number of aliphatic hydroxyl groups excluding tert-OH is 1. The number of nitrogens with one attached hydrogen (secondary N) is 2. The Kier molecular flexibility index (Phi) is 4.52. The Hall–Kier alpha value is -1.88. The molecule has 0 bridgehead atoms. The van der Waals surface area contributed by atoms with Crippen LogP contribution < -0.4 is 10.6 Å². The number of hydrogen-bond acceptors (Lipinski definition) is 5. The van der Waals surface area contributed by atoms with E-state index in [1.165, 1.54) is 0 Å². The van der Waals surface area contributed by atoms with Crippen LogP contribution in [0, 0.1) is 0 Å². The molecule has 2 aromatic rings. The van der Waals surface area contributed by atoms with Crippen molar-refractivity contribution in [3.8, 4) is 0 Å².